The minimum Gasteiger partial charge on any atom is -0.452 e. The molecule has 1 heterocycles. The number of nitrogens with zero attached hydrogens (tertiary/aromatic N) is 1. The van der Waals surface area contributed by atoms with Gasteiger partial charge in [-0.1, -0.05) is 35.3 Å². The van der Waals surface area contributed by atoms with Gasteiger partial charge in [0, 0.05) is 6.20 Å². The van der Waals surface area contributed by atoms with Gasteiger partial charge in [-0.25, -0.2) is 9.78 Å². The average Bonchev–Trinajstić information content (AvgIpc) is 2.49. The van der Waals surface area contributed by atoms with Crippen LogP contribution in [-0.4, -0.2) is 23.5 Å². The van der Waals surface area contributed by atoms with Crippen molar-refractivity contribution in [3.05, 3.63) is 57.8 Å². The lowest BCUT2D eigenvalue weighted by Gasteiger charge is -2.10. The van der Waals surface area contributed by atoms with Gasteiger partial charge >= 0.3 is 5.97 Å². The van der Waals surface area contributed by atoms with Crippen LogP contribution in [0.15, 0.2) is 36.5 Å². The van der Waals surface area contributed by atoms with E-state index in [-0.39, 0.29) is 10.7 Å². The maximum absolute atomic E-state index is 11.8. The topological polar surface area (TPSA) is 68.3 Å². The number of esters is 1. The first-order valence-electron chi connectivity index (χ1n) is 6.31. The fourth-order valence-corrected chi connectivity index (χ4v) is 2.18. The Bertz CT molecular complexity index is 699. The molecular formula is C15H12Cl2N2O3. The molecule has 0 atom stereocenters. The molecule has 0 saturated carbocycles. The maximum atomic E-state index is 11.8. The molecule has 0 aliphatic rings. The van der Waals surface area contributed by atoms with Gasteiger partial charge in [0.2, 0.25) is 0 Å². The molecule has 1 amide bonds. The highest BCUT2D eigenvalue weighted by molar-refractivity contribution is 6.34. The van der Waals surface area contributed by atoms with Gasteiger partial charge in [-0.05, 0) is 30.7 Å². The molecular weight excluding hydrogens is 327 g/mol. The highest BCUT2D eigenvalue weighted by atomic mass is 35.5. The van der Waals surface area contributed by atoms with E-state index in [1.54, 1.807) is 18.2 Å². The molecule has 0 aliphatic carbocycles. The number of carbonyl (C=O) groups is 2. The Morgan fingerprint density at radius 3 is 2.68 bits per heavy atom. The molecule has 2 rings (SSSR count). The number of pyridine rings is 1. The Morgan fingerprint density at radius 1 is 1.23 bits per heavy atom. The molecule has 5 nitrogen and oxygen atoms in total. The van der Waals surface area contributed by atoms with Gasteiger partial charge in [-0.3, -0.25) is 4.79 Å². The molecule has 0 spiro atoms. The molecule has 0 saturated heterocycles. The highest BCUT2D eigenvalue weighted by Crippen LogP contribution is 2.25. The largest absolute Gasteiger partial charge is 0.452 e. The molecule has 1 aromatic heterocycles. The normalized spacial score (nSPS) is 10.1. The van der Waals surface area contributed by atoms with Crippen molar-refractivity contribution in [3.63, 3.8) is 0 Å². The minimum absolute atomic E-state index is 0.0230. The van der Waals surface area contributed by atoms with Crippen molar-refractivity contribution in [2.24, 2.45) is 0 Å². The van der Waals surface area contributed by atoms with Crippen LogP contribution in [0.1, 0.15) is 15.9 Å². The summed E-state index contributed by atoms with van der Waals surface area (Å²) in [6, 6.07) is 8.26. The standard InChI is InChI=1S/C15H12Cl2N2O3/c1-9-4-2-6-11(16)13(9)19-12(20)8-22-15(21)10-5-3-7-18-14(10)17/h2-7H,8H2,1H3,(H,19,20). The Labute approximate surface area is 137 Å². The number of anilines is 1. The Kier molecular flexibility index (Phi) is 5.35. The summed E-state index contributed by atoms with van der Waals surface area (Å²) in [5.41, 5.74) is 1.40. The molecule has 1 aromatic carbocycles. The molecule has 0 unspecified atom stereocenters. The number of aryl methyl sites for hydroxylation is 1. The first-order valence-corrected chi connectivity index (χ1v) is 7.07. The smallest absolute Gasteiger partial charge is 0.341 e. The summed E-state index contributed by atoms with van der Waals surface area (Å²) in [5, 5.41) is 3.04. The SMILES string of the molecule is Cc1cccc(Cl)c1NC(=O)COC(=O)c1cccnc1Cl. The first-order chi connectivity index (χ1) is 10.5. The number of nitrogens with one attached hydrogen (secondary N) is 1. The number of ether oxygens (including phenoxy) is 1. The molecule has 1 N–H and O–H groups in total. The second-order valence-electron chi connectivity index (χ2n) is 4.40. The van der Waals surface area contributed by atoms with Crippen LogP contribution in [0, 0.1) is 6.92 Å². The molecule has 0 bridgehead atoms. The lowest BCUT2D eigenvalue weighted by Crippen LogP contribution is -2.21. The fourth-order valence-electron chi connectivity index (χ4n) is 1.71. The van der Waals surface area contributed by atoms with E-state index in [2.05, 4.69) is 10.3 Å². The Morgan fingerprint density at radius 2 is 2.00 bits per heavy atom. The number of para-hydroxylation sites is 1. The lowest BCUT2D eigenvalue weighted by atomic mass is 10.2. The molecule has 114 valence electrons. The molecule has 0 fully saturated rings. The van der Waals surface area contributed by atoms with E-state index in [4.69, 9.17) is 27.9 Å². The molecule has 0 aliphatic heterocycles. The zero-order valence-electron chi connectivity index (χ0n) is 11.6. The van der Waals surface area contributed by atoms with Crippen LogP contribution in [0.3, 0.4) is 0 Å². The van der Waals surface area contributed by atoms with Crippen molar-refractivity contribution < 1.29 is 14.3 Å². The highest BCUT2D eigenvalue weighted by Gasteiger charge is 2.15. The van der Waals surface area contributed by atoms with E-state index in [9.17, 15) is 9.59 Å². The van der Waals surface area contributed by atoms with Gasteiger partial charge in [0.05, 0.1) is 16.3 Å². The number of aromatic nitrogens is 1. The minimum atomic E-state index is -0.718. The van der Waals surface area contributed by atoms with E-state index >= 15 is 0 Å². The average molecular weight is 339 g/mol. The van der Waals surface area contributed by atoms with Crippen molar-refractivity contribution in [1.82, 2.24) is 4.98 Å². The van der Waals surface area contributed by atoms with Gasteiger partial charge < -0.3 is 10.1 Å². The van der Waals surface area contributed by atoms with Crippen molar-refractivity contribution in [3.8, 4) is 0 Å². The Balaban J connectivity index is 1.96. The number of halogens is 2. The summed E-state index contributed by atoms with van der Waals surface area (Å²) in [4.78, 5) is 27.4. The molecule has 0 radical (unpaired) electrons. The van der Waals surface area contributed by atoms with Crippen LogP contribution in [0.5, 0.6) is 0 Å². The van der Waals surface area contributed by atoms with Gasteiger partial charge in [-0.2, -0.15) is 0 Å². The maximum Gasteiger partial charge on any atom is 0.341 e. The van der Waals surface area contributed by atoms with Crippen LogP contribution < -0.4 is 5.32 Å². The third kappa shape index (κ3) is 3.96. The summed E-state index contributed by atoms with van der Waals surface area (Å²) < 4.78 is 4.90. The van der Waals surface area contributed by atoms with Crippen LogP contribution in [-0.2, 0) is 9.53 Å². The van der Waals surface area contributed by atoms with E-state index in [0.717, 1.165) is 5.56 Å². The number of hydrogen-bond acceptors (Lipinski definition) is 4. The summed E-state index contributed by atoms with van der Waals surface area (Å²) in [6.07, 6.45) is 1.45. The Hall–Kier alpha value is -2.11. The first kappa shape index (κ1) is 16.3. The van der Waals surface area contributed by atoms with Gasteiger partial charge in [0.1, 0.15) is 5.15 Å². The van der Waals surface area contributed by atoms with Crippen molar-refractivity contribution in [2.75, 3.05) is 11.9 Å². The van der Waals surface area contributed by atoms with Gasteiger partial charge in [0.25, 0.3) is 5.91 Å². The number of carbonyl (C=O) groups excluding carboxylic acids is 2. The lowest BCUT2D eigenvalue weighted by molar-refractivity contribution is -0.119. The van der Waals surface area contributed by atoms with E-state index in [0.29, 0.717) is 10.7 Å². The van der Waals surface area contributed by atoms with E-state index in [1.165, 1.54) is 12.3 Å². The van der Waals surface area contributed by atoms with Gasteiger partial charge in [-0.15, -0.1) is 0 Å². The monoisotopic (exact) mass is 338 g/mol. The van der Waals surface area contributed by atoms with Crippen LogP contribution >= 0.6 is 23.2 Å². The molecule has 2 aromatic rings. The zero-order valence-corrected chi connectivity index (χ0v) is 13.1. The van der Waals surface area contributed by atoms with Crippen molar-refractivity contribution in [2.45, 2.75) is 6.92 Å². The number of hydrogen-bond donors (Lipinski definition) is 1. The third-order valence-electron chi connectivity index (χ3n) is 2.80. The molecule has 22 heavy (non-hydrogen) atoms. The fraction of sp³-hybridized carbons (Fsp3) is 0.133. The van der Waals surface area contributed by atoms with Crippen LogP contribution in [0.25, 0.3) is 0 Å². The number of rotatable bonds is 4. The quantitative estimate of drug-likeness (QED) is 0.684. The molecule has 7 heteroatoms. The third-order valence-corrected chi connectivity index (χ3v) is 3.42. The van der Waals surface area contributed by atoms with Crippen LogP contribution in [0.2, 0.25) is 10.2 Å². The second-order valence-corrected chi connectivity index (χ2v) is 5.16. The summed E-state index contributed by atoms with van der Waals surface area (Å²) in [6.45, 7) is 1.36. The number of amides is 1. The van der Waals surface area contributed by atoms with E-state index < -0.39 is 18.5 Å². The summed E-state index contributed by atoms with van der Waals surface area (Å²) in [5.74, 6) is -1.21. The predicted octanol–water partition coefficient (Wildman–Crippen LogP) is 3.49. The van der Waals surface area contributed by atoms with Crippen LogP contribution in [0.4, 0.5) is 5.69 Å². The number of benzene rings is 1. The van der Waals surface area contributed by atoms with E-state index in [1.807, 2.05) is 13.0 Å². The van der Waals surface area contributed by atoms with Crippen molar-refractivity contribution >= 4 is 40.8 Å². The van der Waals surface area contributed by atoms with Crippen molar-refractivity contribution in [1.29, 1.82) is 0 Å². The summed E-state index contributed by atoms with van der Waals surface area (Å²) in [7, 11) is 0. The second kappa shape index (κ2) is 7.24. The van der Waals surface area contributed by atoms with Gasteiger partial charge in [0.15, 0.2) is 6.61 Å². The summed E-state index contributed by atoms with van der Waals surface area (Å²) >= 11 is 11.8. The zero-order chi connectivity index (χ0) is 16.1. The predicted molar refractivity (Wildman–Crippen MR) is 84.3 cm³/mol.